The fourth-order valence-electron chi connectivity index (χ4n) is 2.49. The summed E-state index contributed by atoms with van der Waals surface area (Å²) in [5.41, 5.74) is 7.82. The van der Waals surface area contributed by atoms with Crippen LogP contribution >= 0.6 is 11.6 Å². The van der Waals surface area contributed by atoms with E-state index in [1.165, 1.54) is 0 Å². The van der Waals surface area contributed by atoms with Gasteiger partial charge >= 0.3 is 0 Å². The molecule has 1 aromatic rings. The SMILES string of the molecule is Nc1ccc(Cl)cc1[C@H](CCO)N1CCNCC1. The fourth-order valence-corrected chi connectivity index (χ4v) is 2.67. The van der Waals surface area contributed by atoms with Gasteiger partial charge in [-0.15, -0.1) is 0 Å². The quantitative estimate of drug-likeness (QED) is 0.720. The van der Waals surface area contributed by atoms with Crippen LogP contribution in [0.1, 0.15) is 18.0 Å². The molecule has 4 N–H and O–H groups in total. The van der Waals surface area contributed by atoms with Gasteiger partial charge in [0.1, 0.15) is 0 Å². The van der Waals surface area contributed by atoms with E-state index in [-0.39, 0.29) is 12.6 Å². The maximum absolute atomic E-state index is 9.27. The summed E-state index contributed by atoms with van der Waals surface area (Å²) in [5.74, 6) is 0. The van der Waals surface area contributed by atoms with Crippen LogP contribution in [0.4, 0.5) is 5.69 Å². The topological polar surface area (TPSA) is 61.5 Å². The Labute approximate surface area is 113 Å². The van der Waals surface area contributed by atoms with E-state index in [9.17, 15) is 5.11 Å². The Hall–Kier alpha value is -0.810. The molecule has 0 spiro atoms. The third-order valence-corrected chi connectivity index (χ3v) is 3.64. The van der Waals surface area contributed by atoms with Crippen LogP contribution in [-0.4, -0.2) is 42.8 Å². The highest BCUT2D eigenvalue weighted by atomic mass is 35.5. The van der Waals surface area contributed by atoms with Gasteiger partial charge in [-0.3, -0.25) is 4.90 Å². The van der Waals surface area contributed by atoms with E-state index >= 15 is 0 Å². The van der Waals surface area contributed by atoms with Crippen LogP contribution in [0.3, 0.4) is 0 Å². The van der Waals surface area contributed by atoms with Crippen molar-refractivity contribution in [3.8, 4) is 0 Å². The molecular formula is C13H20ClN3O. The van der Waals surface area contributed by atoms with E-state index in [2.05, 4.69) is 10.2 Å². The summed E-state index contributed by atoms with van der Waals surface area (Å²) in [5, 5.41) is 13.3. The van der Waals surface area contributed by atoms with Gasteiger partial charge in [0.25, 0.3) is 0 Å². The summed E-state index contributed by atoms with van der Waals surface area (Å²) < 4.78 is 0. The average Bonchev–Trinajstić information content (AvgIpc) is 2.40. The van der Waals surface area contributed by atoms with E-state index in [0.29, 0.717) is 11.4 Å². The molecule has 0 radical (unpaired) electrons. The molecule has 2 rings (SSSR count). The van der Waals surface area contributed by atoms with Crippen molar-refractivity contribution in [1.82, 2.24) is 10.2 Å². The highest BCUT2D eigenvalue weighted by molar-refractivity contribution is 6.30. The van der Waals surface area contributed by atoms with Crippen LogP contribution in [0, 0.1) is 0 Å². The Bertz CT molecular complexity index is 394. The zero-order valence-corrected chi connectivity index (χ0v) is 11.2. The predicted octanol–water partition coefficient (Wildman–Crippen LogP) is 1.25. The minimum atomic E-state index is 0.149. The number of hydrogen-bond acceptors (Lipinski definition) is 4. The standard InChI is InChI=1S/C13H20ClN3O/c14-10-1-2-12(15)11(9-10)13(3-8-18)17-6-4-16-5-7-17/h1-2,9,13,16,18H,3-8,15H2/t13-/m0/s1. The molecule has 5 heteroatoms. The van der Waals surface area contributed by atoms with E-state index in [4.69, 9.17) is 17.3 Å². The van der Waals surface area contributed by atoms with E-state index in [1.54, 1.807) is 6.07 Å². The number of nitrogen functional groups attached to an aromatic ring is 1. The molecule has 0 amide bonds. The van der Waals surface area contributed by atoms with Gasteiger partial charge in [0.15, 0.2) is 0 Å². The first-order chi connectivity index (χ1) is 8.72. The molecule has 100 valence electrons. The van der Waals surface area contributed by atoms with Crippen molar-refractivity contribution in [3.63, 3.8) is 0 Å². The molecular weight excluding hydrogens is 250 g/mol. The number of rotatable bonds is 4. The normalized spacial score (nSPS) is 18.8. The van der Waals surface area contributed by atoms with E-state index in [0.717, 1.165) is 37.4 Å². The molecule has 0 aliphatic carbocycles. The molecule has 1 aliphatic rings. The smallest absolute Gasteiger partial charge is 0.0449 e. The van der Waals surface area contributed by atoms with Gasteiger partial charge in [-0.1, -0.05) is 11.6 Å². The lowest BCUT2D eigenvalue weighted by molar-refractivity contribution is 0.141. The number of hydrogen-bond donors (Lipinski definition) is 3. The minimum absolute atomic E-state index is 0.149. The van der Waals surface area contributed by atoms with Gasteiger partial charge < -0.3 is 16.2 Å². The van der Waals surface area contributed by atoms with Gasteiger partial charge in [-0.05, 0) is 30.2 Å². The van der Waals surface area contributed by atoms with Crippen molar-refractivity contribution in [2.75, 3.05) is 38.5 Å². The first-order valence-electron chi connectivity index (χ1n) is 6.33. The van der Waals surface area contributed by atoms with Crippen molar-refractivity contribution in [2.45, 2.75) is 12.5 Å². The number of aliphatic hydroxyl groups excluding tert-OH is 1. The molecule has 0 saturated carbocycles. The molecule has 1 fully saturated rings. The Kier molecular flexibility index (Phi) is 4.83. The summed E-state index contributed by atoms with van der Waals surface area (Å²) in [6.07, 6.45) is 0.685. The largest absolute Gasteiger partial charge is 0.398 e. The first-order valence-corrected chi connectivity index (χ1v) is 6.70. The van der Waals surface area contributed by atoms with Gasteiger partial charge in [0.05, 0.1) is 0 Å². The Balaban J connectivity index is 2.24. The van der Waals surface area contributed by atoms with Gasteiger partial charge in [-0.2, -0.15) is 0 Å². The second kappa shape index (κ2) is 6.38. The lowest BCUT2D eigenvalue weighted by Gasteiger charge is -2.35. The molecule has 4 nitrogen and oxygen atoms in total. The Morgan fingerprint density at radius 1 is 1.39 bits per heavy atom. The zero-order valence-electron chi connectivity index (χ0n) is 10.4. The van der Waals surface area contributed by atoms with Crippen LogP contribution < -0.4 is 11.1 Å². The summed E-state index contributed by atoms with van der Waals surface area (Å²) in [7, 11) is 0. The lowest BCUT2D eigenvalue weighted by Crippen LogP contribution is -2.45. The predicted molar refractivity (Wildman–Crippen MR) is 74.8 cm³/mol. The molecule has 1 saturated heterocycles. The van der Waals surface area contributed by atoms with Crippen molar-refractivity contribution in [3.05, 3.63) is 28.8 Å². The van der Waals surface area contributed by atoms with E-state index < -0.39 is 0 Å². The van der Waals surface area contributed by atoms with Crippen molar-refractivity contribution in [1.29, 1.82) is 0 Å². The van der Waals surface area contributed by atoms with Crippen molar-refractivity contribution < 1.29 is 5.11 Å². The van der Waals surface area contributed by atoms with Gasteiger partial charge in [0, 0.05) is 49.5 Å². The van der Waals surface area contributed by atoms with Crippen LogP contribution in [0.5, 0.6) is 0 Å². The van der Waals surface area contributed by atoms with Gasteiger partial charge in [0.2, 0.25) is 0 Å². The molecule has 0 unspecified atom stereocenters. The molecule has 0 bridgehead atoms. The number of nitrogens with two attached hydrogens (primary N) is 1. The second-order valence-corrected chi connectivity index (χ2v) is 5.02. The number of aliphatic hydroxyl groups is 1. The monoisotopic (exact) mass is 269 g/mol. The van der Waals surface area contributed by atoms with Crippen LogP contribution in [0.2, 0.25) is 5.02 Å². The third-order valence-electron chi connectivity index (χ3n) is 3.40. The molecule has 1 atom stereocenters. The first kappa shape index (κ1) is 13.6. The van der Waals surface area contributed by atoms with Crippen LogP contribution in [0.25, 0.3) is 0 Å². The molecule has 18 heavy (non-hydrogen) atoms. The second-order valence-electron chi connectivity index (χ2n) is 4.59. The Morgan fingerprint density at radius 2 is 2.11 bits per heavy atom. The summed E-state index contributed by atoms with van der Waals surface area (Å²) in [4.78, 5) is 2.36. The number of anilines is 1. The Morgan fingerprint density at radius 3 is 2.78 bits per heavy atom. The van der Waals surface area contributed by atoms with Crippen LogP contribution in [-0.2, 0) is 0 Å². The maximum Gasteiger partial charge on any atom is 0.0449 e. The van der Waals surface area contributed by atoms with Gasteiger partial charge in [-0.25, -0.2) is 0 Å². The molecule has 1 aromatic carbocycles. The number of halogens is 1. The van der Waals surface area contributed by atoms with Crippen molar-refractivity contribution in [2.24, 2.45) is 0 Å². The number of benzene rings is 1. The highest BCUT2D eigenvalue weighted by Gasteiger charge is 2.23. The molecule has 1 heterocycles. The average molecular weight is 270 g/mol. The summed E-state index contributed by atoms with van der Waals surface area (Å²) >= 11 is 6.05. The number of nitrogens with zero attached hydrogens (tertiary/aromatic N) is 1. The minimum Gasteiger partial charge on any atom is -0.398 e. The van der Waals surface area contributed by atoms with E-state index in [1.807, 2.05) is 12.1 Å². The zero-order chi connectivity index (χ0) is 13.0. The summed E-state index contributed by atoms with van der Waals surface area (Å²) in [6, 6.07) is 5.70. The summed E-state index contributed by atoms with van der Waals surface area (Å²) in [6.45, 7) is 4.04. The lowest BCUT2D eigenvalue weighted by atomic mass is 9.99. The number of nitrogens with one attached hydrogen (secondary N) is 1. The third kappa shape index (κ3) is 3.14. The molecule has 1 aliphatic heterocycles. The maximum atomic E-state index is 9.27. The molecule has 0 aromatic heterocycles. The van der Waals surface area contributed by atoms with Crippen molar-refractivity contribution >= 4 is 17.3 Å². The fraction of sp³-hybridized carbons (Fsp3) is 0.538. The highest BCUT2D eigenvalue weighted by Crippen LogP contribution is 2.31. The number of piperazine rings is 1. The van der Waals surface area contributed by atoms with Crippen LogP contribution in [0.15, 0.2) is 18.2 Å².